The lowest BCUT2D eigenvalue weighted by atomic mass is 9.72. The predicted octanol–water partition coefficient (Wildman–Crippen LogP) is 2.50. The zero-order valence-corrected chi connectivity index (χ0v) is 15.0. The molecule has 2 saturated heterocycles. The third-order valence-corrected chi connectivity index (χ3v) is 5.75. The second-order valence-corrected chi connectivity index (χ2v) is 7.35. The number of rotatable bonds is 4. The molecule has 0 aliphatic carbocycles. The smallest absolute Gasteiger partial charge is 0.233 e. The number of nitrogens with zero attached hydrogens (tertiary/aromatic N) is 1. The van der Waals surface area contributed by atoms with Crippen molar-refractivity contribution >= 4 is 5.91 Å². The molecule has 1 amide bonds. The van der Waals surface area contributed by atoms with Crippen LogP contribution in [0.1, 0.15) is 36.8 Å². The molecular weight excluding hydrogens is 300 g/mol. The summed E-state index contributed by atoms with van der Waals surface area (Å²) in [6, 6.07) is 8.54. The molecule has 3 rings (SSSR count). The number of carbonyl (C=O) groups excluding carboxylic acids is 1. The summed E-state index contributed by atoms with van der Waals surface area (Å²) in [5, 5.41) is 3.26. The van der Waals surface area contributed by atoms with Crippen LogP contribution in [0.15, 0.2) is 24.3 Å². The third-order valence-electron chi connectivity index (χ3n) is 5.75. The van der Waals surface area contributed by atoms with Crippen LogP contribution in [0.25, 0.3) is 0 Å². The first kappa shape index (κ1) is 17.4. The maximum atomic E-state index is 13.5. The van der Waals surface area contributed by atoms with Gasteiger partial charge in [-0.2, -0.15) is 0 Å². The summed E-state index contributed by atoms with van der Waals surface area (Å²) in [6.45, 7) is 6.28. The van der Waals surface area contributed by atoms with Gasteiger partial charge in [0, 0.05) is 26.3 Å². The van der Waals surface area contributed by atoms with E-state index in [-0.39, 0.29) is 5.41 Å². The van der Waals surface area contributed by atoms with Crippen LogP contribution >= 0.6 is 0 Å². The van der Waals surface area contributed by atoms with Gasteiger partial charge in [-0.1, -0.05) is 29.8 Å². The van der Waals surface area contributed by atoms with Gasteiger partial charge in [-0.25, -0.2) is 0 Å². The van der Waals surface area contributed by atoms with E-state index in [1.807, 2.05) is 7.05 Å². The fourth-order valence-electron chi connectivity index (χ4n) is 4.15. The van der Waals surface area contributed by atoms with Crippen LogP contribution in [0.3, 0.4) is 0 Å². The highest BCUT2D eigenvalue weighted by molar-refractivity contribution is 5.88. The van der Waals surface area contributed by atoms with Crippen LogP contribution in [0.2, 0.25) is 0 Å². The Morgan fingerprint density at radius 1 is 1.21 bits per heavy atom. The first-order valence-electron chi connectivity index (χ1n) is 9.24. The van der Waals surface area contributed by atoms with E-state index < -0.39 is 0 Å². The second-order valence-electron chi connectivity index (χ2n) is 7.35. The average molecular weight is 330 g/mol. The fourth-order valence-corrected chi connectivity index (χ4v) is 4.15. The highest BCUT2D eigenvalue weighted by Gasteiger charge is 2.44. The van der Waals surface area contributed by atoms with Crippen molar-refractivity contribution in [2.45, 2.75) is 38.0 Å². The second kappa shape index (κ2) is 7.66. The Morgan fingerprint density at radius 2 is 1.83 bits per heavy atom. The molecule has 1 aromatic carbocycles. The van der Waals surface area contributed by atoms with Crippen molar-refractivity contribution < 1.29 is 9.53 Å². The Morgan fingerprint density at radius 3 is 2.42 bits per heavy atom. The summed E-state index contributed by atoms with van der Waals surface area (Å²) in [7, 11) is 2.01. The molecule has 2 aliphatic heterocycles. The number of hydrogen-bond donors (Lipinski definition) is 1. The van der Waals surface area contributed by atoms with Crippen LogP contribution < -0.4 is 5.32 Å². The number of benzene rings is 1. The molecule has 4 heteroatoms. The van der Waals surface area contributed by atoms with Crippen LogP contribution in [-0.4, -0.2) is 50.7 Å². The number of ether oxygens (including phenoxy) is 1. The highest BCUT2D eigenvalue weighted by Crippen LogP contribution is 2.38. The lowest BCUT2D eigenvalue weighted by Gasteiger charge is -2.42. The molecule has 0 radical (unpaired) electrons. The van der Waals surface area contributed by atoms with Crippen LogP contribution in [0.4, 0.5) is 0 Å². The molecule has 2 fully saturated rings. The van der Waals surface area contributed by atoms with Gasteiger partial charge < -0.3 is 15.0 Å². The van der Waals surface area contributed by atoms with E-state index in [9.17, 15) is 4.79 Å². The molecule has 0 atom stereocenters. The van der Waals surface area contributed by atoms with E-state index in [4.69, 9.17) is 4.74 Å². The van der Waals surface area contributed by atoms with Gasteiger partial charge >= 0.3 is 0 Å². The quantitative estimate of drug-likeness (QED) is 0.922. The van der Waals surface area contributed by atoms with Crippen molar-refractivity contribution in [3.63, 3.8) is 0 Å². The van der Waals surface area contributed by atoms with Crippen molar-refractivity contribution in [2.75, 3.05) is 39.9 Å². The molecular formula is C20H30N2O2. The summed E-state index contributed by atoms with van der Waals surface area (Å²) in [6.07, 6.45) is 3.80. The Balaban J connectivity index is 1.79. The molecule has 2 aliphatic rings. The van der Waals surface area contributed by atoms with Gasteiger partial charge in [0.15, 0.2) is 0 Å². The summed E-state index contributed by atoms with van der Waals surface area (Å²) >= 11 is 0. The number of piperidine rings is 1. The predicted molar refractivity (Wildman–Crippen MR) is 96.1 cm³/mol. The zero-order valence-electron chi connectivity index (χ0n) is 15.0. The third kappa shape index (κ3) is 3.50. The first-order valence-corrected chi connectivity index (χ1v) is 9.24. The molecule has 132 valence electrons. The molecule has 1 N–H and O–H groups in total. The Kier molecular flexibility index (Phi) is 5.57. The largest absolute Gasteiger partial charge is 0.381 e. The maximum absolute atomic E-state index is 13.5. The Hall–Kier alpha value is -1.39. The minimum atomic E-state index is -0.387. The van der Waals surface area contributed by atoms with Gasteiger partial charge in [0.25, 0.3) is 0 Å². The molecule has 0 saturated carbocycles. The normalized spacial score (nSPS) is 21.7. The van der Waals surface area contributed by atoms with Crippen molar-refractivity contribution in [1.82, 2.24) is 10.2 Å². The number of nitrogens with one attached hydrogen (secondary N) is 1. The summed E-state index contributed by atoms with van der Waals surface area (Å²) in [4.78, 5) is 15.6. The Bertz CT molecular complexity index is 541. The van der Waals surface area contributed by atoms with Gasteiger partial charge in [-0.05, 0) is 57.7 Å². The van der Waals surface area contributed by atoms with Crippen molar-refractivity contribution in [1.29, 1.82) is 0 Å². The van der Waals surface area contributed by atoms with Crippen LogP contribution in [0, 0.1) is 12.8 Å². The number of amides is 1. The topological polar surface area (TPSA) is 41.6 Å². The van der Waals surface area contributed by atoms with E-state index in [2.05, 4.69) is 41.4 Å². The zero-order chi connectivity index (χ0) is 17.0. The van der Waals surface area contributed by atoms with Gasteiger partial charge in [-0.3, -0.25) is 4.79 Å². The SMILES string of the molecule is CNCC1CCN(C(=O)C2(c3ccc(C)cc3)CCOCC2)CC1. The van der Waals surface area contributed by atoms with Gasteiger partial charge in [0.05, 0.1) is 5.41 Å². The summed E-state index contributed by atoms with van der Waals surface area (Å²) in [5.74, 6) is 1.02. The van der Waals surface area contributed by atoms with Crippen LogP contribution in [0.5, 0.6) is 0 Å². The summed E-state index contributed by atoms with van der Waals surface area (Å²) < 4.78 is 5.58. The first-order chi connectivity index (χ1) is 11.7. The lowest BCUT2D eigenvalue weighted by molar-refractivity contribution is -0.142. The van der Waals surface area contributed by atoms with Crippen molar-refractivity contribution in [3.8, 4) is 0 Å². The van der Waals surface area contributed by atoms with Crippen molar-refractivity contribution in [3.05, 3.63) is 35.4 Å². The molecule has 4 nitrogen and oxygen atoms in total. The number of carbonyl (C=O) groups is 1. The summed E-state index contributed by atoms with van der Waals surface area (Å²) in [5.41, 5.74) is 2.02. The maximum Gasteiger partial charge on any atom is 0.233 e. The number of likely N-dealkylation sites (tertiary alicyclic amines) is 1. The molecule has 0 aromatic heterocycles. The van der Waals surface area contributed by atoms with Gasteiger partial charge in [0.2, 0.25) is 5.91 Å². The Labute approximate surface area is 145 Å². The van der Waals surface area contributed by atoms with E-state index >= 15 is 0 Å². The fraction of sp³-hybridized carbons (Fsp3) is 0.650. The van der Waals surface area contributed by atoms with E-state index in [0.717, 1.165) is 45.3 Å². The number of aryl methyl sites for hydroxylation is 1. The standard InChI is InChI=1S/C20H30N2O2/c1-16-3-5-18(6-4-16)20(9-13-24-14-10-20)19(23)22-11-7-17(8-12-22)15-21-2/h3-6,17,21H,7-15H2,1-2H3. The van der Waals surface area contributed by atoms with Gasteiger partial charge in [-0.15, -0.1) is 0 Å². The minimum Gasteiger partial charge on any atom is -0.381 e. The molecule has 24 heavy (non-hydrogen) atoms. The van der Waals surface area contributed by atoms with Crippen molar-refractivity contribution in [2.24, 2.45) is 5.92 Å². The molecule has 0 unspecified atom stereocenters. The molecule has 1 aromatic rings. The minimum absolute atomic E-state index is 0.317. The van der Waals surface area contributed by atoms with E-state index in [0.29, 0.717) is 25.0 Å². The van der Waals surface area contributed by atoms with E-state index in [1.165, 1.54) is 11.1 Å². The number of hydrogen-bond acceptors (Lipinski definition) is 3. The molecule has 0 bridgehead atoms. The monoisotopic (exact) mass is 330 g/mol. The lowest BCUT2D eigenvalue weighted by Crippen LogP contribution is -2.52. The van der Waals surface area contributed by atoms with Gasteiger partial charge in [0.1, 0.15) is 0 Å². The molecule has 0 spiro atoms. The van der Waals surface area contributed by atoms with Crippen LogP contribution in [-0.2, 0) is 14.9 Å². The average Bonchev–Trinajstić information content (AvgIpc) is 2.63. The van der Waals surface area contributed by atoms with E-state index in [1.54, 1.807) is 0 Å². The highest BCUT2D eigenvalue weighted by atomic mass is 16.5. The molecule has 2 heterocycles.